The first kappa shape index (κ1) is 28.8. The second kappa shape index (κ2) is 9.92. The van der Waals surface area contributed by atoms with E-state index in [1.807, 2.05) is 0 Å². The lowest BCUT2D eigenvalue weighted by Crippen LogP contribution is -2.57. The largest absolute Gasteiger partial charge is 0.310 e. The van der Waals surface area contributed by atoms with Gasteiger partial charge >= 0.3 is 0 Å². The second-order valence-corrected chi connectivity index (χ2v) is 21.3. The van der Waals surface area contributed by atoms with Crippen molar-refractivity contribution in [1.29, 1.82) is 0 Å². The highest BCUT2D eigenvalue weighted by Crippen LogP contribution is 2.69. The molecule has 3 heterocycles. The third-order valence-corrected chi connectivity index (χ3v) is 17.9. The van der Waals surface area contributed by atoms with Crippen LogP contribution >= 0.6 is 0 Å². The van der Waals surface area contributed by atoms with Gasteiger partial charge in [0.05, 0.1) is 22.4 Å². The highest BCUT2D eigenvalue weighted by molar-refractivity contribution is 7.03. The third kappa shape index (κ3) is 3.58. The smallest absolute Gasteiger partial charge is 0.113 e. The van der Waals surface area contributed by atoms with Crippen LogP contribution in [0.4, 0.5) is 17.1 Å². The van der Waals surface area contributed by atoms with Gasteiger partial charge in [-0.2, -0.15) is 0 Å². The summed E-state index contributed by atoms with van der Waals surface area (Å²) in [4.78, 5) is 2.60. The topological polar surface area (TPSA) is 8.17 Å². The number of anilines is 3. The molecule has 1 aromatic heterocycles. The molecule has 3 heteroatoms. The van der Waals surface area contributed by atoms with Gasteiger partial charge < -0.3 is 9.47 Å². The van der Waals surface area contributed by atoms with E-state index in [0.717, 1.165) is 23.7 Å². The maximum absolute atomic E-state index is 2.60. The Morgan fingerprint density at radius 3 is 1.84 bits per heavy atom. The first-order chi connectivity index (χ1) is 25.0. The summed E-state index contributed by atoms with van der Waals surface area (Å²) in [6, 6.07) is 51.7. The summed E-state index contributed by atoms with van der Waals surface area (Å²) >= 11 is 0. The molecular weight excluding hydrogens is 633 g/mol. The van der Waals surface area contributed by atoms with E-state index < -0.39 is 8.07 Å². The fourth-order valence-corrected chi connectivity index (χ4v) is 15.7. The van der Waals surface area contributed by atoms with Crippen LogP contribution in [0.3, 0.4) is 0 Å². The summed E-state index contributed by atoms with van der Waals surface area (Å²) in [5.74, 6) is 3.35. The van der Waals surface area contributed by atoms with Crippen LogP contribution in [-0.2, 0) is 5.41 Å². The van der Waals surface area contributed by atoms with E-state index in [4.69, 9.17) is 0 Å². The van der Waals surface area contributed by atoms with Gasteiger partial charge in [-0.25, -0.2) is 0 Å². The number of hydrogen-bond donors (Lipinski definition) is 0. The summed E-state index contributed by atoms with van der Waals surface area (Å²) < 4.78 is 2.51. The van der Waals surface area contributed by atoms with Crippen molar-refractivity contribution < 1.29 is 0 Å². The Balaban J connectivity index is 1.06. The molecule has 0 unspecified atom stereocenters. The van der Waals surface area contributed by atoms with Crippen molar-refractivity contribution in [2.45, 2.75) is 50.6 Å². The molecule has 7 aromatic rings. The van der Waals surface area contributed by atoms with Crippen molar-refractivity contribution in [1.82, 2.24) is 4.57 Å². The summed E-state index contributed by atoms with van der Waals surface area (Å²) in [6.45, 7) is 5.00. The first-order valence-electron chi connectivity index (χ1n) is 19.3. The van der Waals surface area contributed by atoms with Crippen molar-refractivity contribution in [2.24, 2.45) is 23.7 Å². The molecule has 0 N–H and O–H groups in total. The SMILES string of the molecule is C[Si]1(C)c2ccccc2-c2cc(-n3c4ccccc4c4cc(N5c6ccccc6C6(c7ccccc75)C5C[C@H]7C[C@@H](C5)C[C@@H]6C7)ccc43)ccc21. The third-order valence-electron chi connectivity index (χ3n) is 14.3. The molecule has 248 valence electrons. The molecule has 6 aliphatic rings. The minimum atomic E-state index is -1.72. The molecule has 0 atom stereocenters. The molecule has 2 aliphatic heterocycles. The molecule has 0 amide bonds. The van der Waals surface area contributed by atoms with E-state index in [1.54, 1.807) is 21.5 Å². The van der Waals surface area contributed by atoms with Crippen molar-refractivity contribution in [2.75, 3.05) is 4.90 Å². The Morgan fingerprint density at radius 1 is 0.510 bits per heavy atom. The number of benzene rings is 6. The van der Waals surface area contributed by atoms with E-state index >= 15 is 0 Å². The van der Waals surface area contributed by atoms with Crippen LogP contribution in [0.1, 0.15) is 43.2 Å². The molecule has 0 saturated heterocycles. The molecule has 1 spiro atoms. The number of rotatable bonds is 2. The Kier molecular flexibility index (Phi) is 5.60. The maximum atomic E-state index is 2.60. The van der Waals surface area contributed by atoms with Crippen molar-refractivity contribution in [3.8, 4) is 16.8 Å². The minimum absolute atomic E-state index is 0.126. The highest BCUT2D eigenvalue weighted by atomic mass is 28.3. The van der Waals surface area contributed by atoms with Crippen molar-refractivity contribution >= 4 is 57.3 Å². The quantitative estimate of drug-likeness (QED) is 0.166. The lowest BCUT2D eigenvalue weighted by Gasteiger charge is -2.64. The second-order valence-electron chi connectivity index (χ2n) is 17.0. The lowest BCUT2D eigenvalue weighted by molar-refractivity contribution is -0.0419. The molecule has 0 radical (unpaired) electrons. The Labute approximate surface area is 301 Å². The zero-order valence-electron chi connectivity index (χ0n) is 29.4. The molecule has 2 nitrogen and oxygen atoms in total. The predicted molar refractivity (Wildman–Crippen MR) is 215 cm³/mol. The van der Waals surface area contributed by atoms with Crippen molar-refractivity contribution in [3.63, 3.8) is 0 Å². The number of fused-ring (bicyclic) bond motifs is 8. The van der Waals surface area contributed by atoms with Gasteiger partial charge in [0.2, 0.25) is 0 Å². The van der Waals surface area contributed by atoms with Gasteiger partial charge in [0.25, 0.3) is 0 Å². The Bertz CT molecular complexity index is 2530. The van der Waals surface area contributed by atoms with Gasteiger partial charge in [0, 0.05) is 27.6 Å². The minimum Gasteiger partial charge on any atom is -0.310 e. The molecule has 4 fully saturated rings. The zero-order valence-corrected chi connectivity index (χ0v) is 30.4. The van der Waals surface area contributed by atoms with E-state index in [0.29, 0.717) is 0 Å². The lowest BCUT2D eigenvalue weighted by atomic mass is 9.41. The molecule has 6 aromatic carbocycles. The van der Waals surface area contributed by atoms with Gasteiger partial charge in [-0.15, -0.1) is 0 Å². The number of aromatic nitrogens is 1. The van der Waals surface area contributed by atoms with Gasteiger partial charge in [0.15, 0.2) is 0 Å². The van der Waals surface area contributed by atoms with Crippen LogP contribution in [0, 0.1) is 23.7 Å². The van der Waals surface area contributed by atoms with Gasteiger partial charge in [-0.1, -0.05) is 98.0 Å². The fourth-order valence-electron chi connectivity index (χ4n) is 12.6. The summed E-state index contributed by atoms with van der Waals surface area (Å²) in [5.41, 5.74) is 13.9. The van der Waals surface area contributed by atoms with E-state index in [2.05, 4.69) is 156 Å². The molecule has 4 bridgehead atoms. The fraction of sp³-hybridized carbons (Fsp3) is 0.250. The van der Waals surface area contributed by atoms with Gasteiger partial charge in [-0.05, 0) is 137 Å². The average Bonchev–Trinajstić information content (AvgIpc) is 3.61. The first-order valence-corrected chi connectivity index (χ1v) is 22.3. The normalized spacial score (nSPS) is 24.2. The van der Waals surface area contributed by atoms with Crippen LogP contribution < -0.4 is 15.3 Å². The number of para-hydroxylation sites is 3. The molecule has 4 aliphatic carbocycles. The average molecular weight is 675 g/mol. The maximum Gasteiger partial charge on any atom is 0.113 e. The van der Waals surface area contributed by atoms with Crippen LogP contribution in [0.2, 0.25) is 13.1 Å². The van der Waals surface area contributed by atoms with Gasteiger partial charge in [0.1, 0.15) is 8.07 Å². The van der Waals surface area contributed by atoms with Crippen molar-refractivity contribution in [3.05, 3.63) is 145 Å². The van der Waals surface area contributed by atoms with Crippen LogP contribution in [0.5, 0.6) is 0 Å². The molecule has 13 rings (SSSR count). The van der Waals surface area contributed by atoms with Crippen LogP contribution in [0.25, 0.3) is 38.6 Å². The van der Waals surface area contributed by atoms with Crippen LogP contribution in [-0.4, -0.2) is 12.6 Å². The molecular formula is C48H42N2Si. The number of nitrogens with zero attached hydrogens (tertiary/aromatic N) is 2. The van der Waals surface area contributed by atoms with Gasteiger partial charge in [-0.3, -0.25) is 0 Å². The zero-order chi connectivity index (χ0) is 33.6. The number of hydrogen-bond acceptors (Lipinski definition) is 1. The van der Waals surface area contributed by atoms with Crippen LogP contribution in [0.15, 0.2) is 133 Å². The summed E-state index contributed by atoms with van der Waals surface area (Å²) in [7, 11) is -1.72. The van der Waals surface area contributed by atoms with E-state index in [9.17, 15) is 0 Å². The monoisotopic (exact) mass is 674 g/mol. The predicted octanol–water partition coefficient (Wildman–Crippen LogP) is 11.1. The summed E-state index contributed by atoms with van der Waals surface area (Å²) in [6.07, 6.45) is 7.07. The Hall–Kier alpha value is -4.86. The van der Waals surface area contributed by atoms with E-state index in [-0.39, 0.29) is 5.41 Å². The molecule has 4 saturated carbocycles. The summed E-state index contributed by atoms with van der Waals surface area (Å²) in [5, 5.41) is 5.72. The molecule has 51 heavy (non-hydrogen) atoms. The van der Waals surface area contributed by atoms with E-state index in [1.165, 1.54) is 87.8 Å². The highest BCUT2D eigenvalue weighted by Gasteiger charge is 2.61. The standard InChI is InChI=1S/C48H42N2Si/c1-51(2)46-18-10-4-12-37(46)39-29-35(20-22-47(39)51)49-42-15-7-3-11-36(42)38-28-34(19-21-43(38)49)50-44-16-8-5-13-40(44)48(41-14-6-9-17-45(41)50)32-24-30-23-31(26-32)27-33(48)25-30/h3-22,28-33H,23-27H2,1-2H3/t30-,31+,32-,33?. The Morgan fingerprint density at radius 2 is 1.10 bits per heavy atom.